The van der Waals surface area contributed by atoms with Crippen molar-refractivity contribution in [3.63, 3.8) is 0 Å². The van der Waals surface area contributed by atoms with Gasteiger partial charge in [-0.2, -0.15) is 10.5 Å². The lowest BCUT2D eigenvalue weighted by molar-refractivity contribution is 0.362. The predicted molar refractivity (Wildman–Crippen MR) is 81.8 cm³/mol. The van der Waals surface area contributed by atoms with E-state index in [-0.39, 0.29) is 5.54 Å². The molecule has 2 fully saturated rings. The van der Waals surface area contributed by atoms with Gasteiger partial charge in [-0.1, -0.05) is 13.8 Å². The highest BCUT2D eigenvalue weighted by Crippen LogP contribution is 2.41. The normalized spacial score (nSPS) is 29.9. The summed E-state index contributed by atoms with van der Waals surface area (Å²) in [5.41, 5.74) is 0.781. The summed E-state index contributed by atoms with van der Waals surface area (Å²) in [6.07, 6.45) is 7.59. The number of rotatable bonds is 2. The highest BCUT2D eigenvalue weighted by molar-refractivity contribution is 4.94. The van der Waals surface area contributed by atoms with E-state index >= 15 is 0 Å². The molecule has 0 radical (unpaired) electrons. The molecule has 1 saturated carbocycles. The molecule has 0 aromatic heterocycles. The third-order valence-corrected chi connectivity index (χ3v) is 4.50. The summed E-state index contributed by atoms with van der Waals surface area (Å²) in [4.78, 5) is 0. The van der Waals surface area contributed by atoms with E-state index in [2.05, 4.69) is 45.2 Å². The minimum Gasteiger partial charge on any atom is -0.308 e. The number of nitriles is 2. The van der Waals surface area contributed by atoms with Crippen LogP contribution in [0.2, 0.25) is 0 Å². The quantitative estimate of drug-likeness (QED) is 0.823. The molecule has 2 rings (SSSR count). The molecule has 2 unspecified atom stereocenters. The van der Waals surface area contributed by atoms with Crippen LogP contribution in [0.25, 0.3) is 0 Å². The Bertz CT molecular complexity index is 346. The van der Waals surface area contributed by atoms with Crippen molar-refractivity contribution >= 4 is 0 Å². The summed E-state index contributed by atoms with van der Waals surface area (Å²) >= 11 is 0. The Morgan fingerprint density at radius 2 is 1.65 bits per heavy atom. The molecule has 112 valence electrons. The van der Waals surface area contributed by atoms with Crippen molar-refractivity contribution in [3.05, 3.63) is 0 Å². The van der Waals surface area contributed by atoms with Crippen molar-refractivity contribution in [1.29, 1.82) is 10.5 Å². The fourth-order valence-corrected chi connectivity index (χ4v) is 3.38. The van der Waals surface area contributed by atoms with Crippen LogP contribution in [0.4, 0.5) is 0 Å². The van der Waals surface area contributed by atoms with Crippen LogP contribution < -0.4 is 5.32 Å². The standard InChI is InChI=1S/C9H15N.C8H14N2/c1-9(2)5-3-8(7-9)4-6-10;1-8(2)5-3-7(10-8)4-6-9/h8H,3-5,7H2,1-2H3;7,10H,3-5H2,1-2H3. The monoisotopic (exact) mass is 275 g/mol. The third-order valence-electron chi connectivity index (χ3n) is 4.50. The molecule has 0 amide bonds. The van der Waals surface area contributed by atoms with Crippen LogP contribution in [0.3, 0.4) is 0 Å². The first kappa shape index (κ1) is 17.0. The van der Waals surface area contributed by atoms with Gasteiger partial charge in [0.2, 0.25) is 0 Å². The number of hydrogen-bond acceptors (Lipinski definition) is 3. The largest absolute Gasteiger partial charge is 0.308 e. The Balaban J connectivity index is 0.000000200. The minimum atomic E-state index is 0.265. The smallest absolute Gasteiger partial charge is 0.0638 e. The van der Waals surface area contributed by atoms with E-state index < -0.39 is 0 Å². The van der Waals surface area contributed by atoms with Gasteiger partial charge in [0.25, 0.3) is 0 Å². The Labute approximate surface area is 124 Å². The average Bonchev–Trinajstić information content (AvgIpc) is 2.84. The van der Waals surface area contributed by atoms with Gasteiger partial charge >= 0.3 is 0 Å². The molecule has 1 saturated heterocycles. The second-order valence-electron chi connectivity index (χ2n) is 7.76. The van der Waals surface area contributed by atoms with Gasteiger partial charge in [-0.25, -0.2) is 0 Å². The lowest BCUT2D eigenvalue weighted by atomic mass is 9.90. The molecule has 1 heterocycles. The second kappa shape index (κ2) is 7.09. The van der Waals surface area contributed by atoms with Crippen LogP contribution in [-0.4, -0.2) is 11.6 Å². The minimum absolute atomic E-state index is 0.265. The van der Waals surface area contributed by atoms with Gasteiger partial charge in [0.15, 0.2) is 0 Å². The number of nitrogens with zero attached hydrogens (tertiary/aromatic N) is 2. The van der Waals surface area contributed by atoms with Gasteiger partial charge < -0.3 is 5.32 Å². The number of hydrogen-bond donors (Lipinski definition) is 1. The maximum Gasteiger partial charge on any atom is 0.0638 e. The van der Waals surface area contributed by atoms with Crippen LogP contribution in [0.1, 0.15) is 72.6 Å². The molecule has 1 aliphatic carbocycles. The summed E-state index contributed by atoms with van der Waals surface area (Å²) in [5.74, 6) is 0.694. The second-order valence-corrected chi connectivity index (χ2v) is 7.76. The maximum absolute atomic E-state index is 8.45. The first-order valence-corrected chi connectivity index (χ1v) is 7.79. The molecular formula is C17H29N3. The van der Waals surface area contributed by atoms with Crippen molar-refractivity contribution in [2.24, 2.45) is 11.3 Å². The predicted octanol–water partition coefficient (Wildman–Crippen LogP) is 4.16. The molecule has 20 heavy (non-hydrogen) atoms. The van der Waals surface area contributed by atoms with Crippen LogP contribution in [0.15, 0.2) is 0 Å². The van der Waals surface area contributed by atoms with Gasteiger partial charge in [-0.15, -0.1) is 0 Å². The van der Waals surface area contributed by atoms with Crippen LogP contribution in [0.5, 0.6) is 0 Å². The Morgan fingerprint density at radius 1 is 1.00 bits per heavy atom. The molecule has 1 N–H and O–H groups in total. The molecule has 0 aromatic rings. The van der Waals surface area contributed by atoms with Crippen LogP contribution >= 0.6 is 0 Å². The Hall–Kier alpha value is -1.06. The van der Waals surface area contributed by atoms with Crippen LogP contribution in [0, 0.1) is 34.0 Å². The van der Waals surface area contributed by atoms with E-state index in [9.17, 15) is 0 Å². The summed E-state index contributed by atoms with van der Waals surface area (Å²) in [6.45, 7) is 8.96. The highest BCUT2D eigenvalue weighted by Gasteiger charge is 2.30. The first-order chi connectivity index (χ1) is 9.28. The summed E-state index contributed by atoms with van der Waals surface area (Å²) in [6, 6.07) is 4.88. The fraction of sp³-hybridized carbons (Fsp3) is 0.882. The van der Waals surface area contributed by atoms with Crippen molar-refractivity contribution in [3.8, 4) is 12.1 Å². The maximum atomic E-state index is 8.45. The molecule has 2 atom stereocenters. The number of nitrogens with one attached hydrogen (secondary N) is 1. The van der Waals surface area contributed by atoms with Crippen molar-refractivity contribution in [1.82, 2.24) is 5.32 Å². The lowest BCUT2D eigenvalue weighted by Crippen LogP contribution is -2.37. The molecular weight excluding hydrogens is 246 g/mol. The first-order valence-electron chi connectivity index (χ1n) is 7.79. The zero-order chi connectivity index (χ0) is 15.2. The van der Waals surface area contributed by atoms with E-state index in [1.807, 2.05) is 0 Å². The average molecular weight is 275 g/mol. The van der Waals surface area contributed by atoms with E-state index in [4.69, 9.17) is 10.5 Å². The zero-order valence-electron chi connectivity index (χ0n) is 13.5. The molecule has 1 aliphatic heterocycles. The van der Waals surface area contributed by atoms with Gasteiger partial charge in [0.1, 0.15) is 0 Å². The highest BCUT2D eigenvalue weighted by atomic mass is 15.0. The van der Waals surface area contributed by atoms with Crippen molar-refractivity contribution in [2.75, 3.05) is 0 Å². The zero-order valence-corrected chi connectivity index (χ0v) is 13.5. The molecule has 0 aromatic carbocycles. The van der Waals surface area contributed by atoms with Gasteiger partial charge in [-0.05, 0) is 57.3 Å². The van der Waals surface area contributed by atoms with Crippen molar-refractivity contribution in [2.45, 2.75) is 84.2 Å². The van der Waals surface area contributed by atoms with Gasteiger partial charge in [0.05, 0.1) is 18.6 Å². The SMILES string of the molecule is CC1(C)CCC(CC#N)C1.CC1(C)CCC(CC#N)N1. The topological polar surface area (TPSA) is 59.6 Å². The summed E-state index contributed by atoms with van der Waals surface area (Å²) in [5, 5.41) is 20.3. The van der Waals surface area contributed by atoms with E-state index in [1.54, 1.807) is 0 Å². The molecule has 0 bridgehead atoms. The van der Waals surface area contributed by atoms with Gasteiger partial charge in [0, 0.05) is 18.0 Å². The molecule has 3 nitrogen and oxygen atoms in total. The van der Waals surface area contributed by atoms with E-state index in [0.29, 0.717) is 23.8 Å². The van der Waals surface area contributed by atoms with Gasteiger partial charge in [-0.3, -0.25) is 0 Å². The lowest BCUT2D eigenvalue weighted by Gasteiger charge is -2.18. The van der Waals surface area contributed by atoms with E-state index in [0.717, 1.165) is 12.8 Å². The molecule has 0 spiro atoms. The summed E-state index contributed by atoms with van der Waals surface area (Å²) in [7, 11) is 0. The Kier molecular flexibility index (Phi) is 6.03. The Morgan fingerprint density at radius 3 is 2.05 bits per heavy atom. The van der Waals surface area contributed by atoms with Crippen molar-refractivity contribution < 1.29 is 0 Å². The van der Waals surface area contributed by atoms with E-state index in [1.165, 1.54) is 25.7 Å². The summed E-state index contributed by atoms with van der Waals surface area (Å²) < 4.78 is 0. The molecule has 3 heteroatoms. The fourth-order valence-electron chi connectivity index (χ4n) is 3.38. The third kappa shape index (κ3) is 5.93. The molecule has 2 aliphatic rings. The van der Waals surface area contributed by atoms with Crippen LogP contribution in [-0.2, 0) is 0 Å².